The number of hydrogen-bond acceptors (Lipinski definition) is 2. The highest BCUT2D eigenvalue weighted by molar-refractivity contribution is 5.91. The van der Waals surface area contributed by atoms with Gasteiger partial charge < -0.3 is 10.2 Å². The topological polar surface area (TPSA) is 74.6 Å². The van der Waals surface area contributed by atoms with Gasteiger partial charge >= 0.3 is 11.9 Å². The molecule has 0 saturated carbocycles. The second-order valence-corrected chi connectivity index (χ2v) is 4.94. The molecule has 0 bridgehead atoms. The maximum atomic E-state index is 11.2. The van der Waals surface area contributed by atoms with Crippen LogP contribution in [0.4, 0.5) is 0 Å². The van der Waals surface area contributed by atoms with E-state index in [1.165, 1.54) is 13.0 Å². The molecule has 1 unspecified atom stereocenters. The van der Waals surface area contributed by atoms with E-state index in [-0.39, 0.29) is 11.1 Å². The van der Waals surface area contributed by atoms with E-state index in [0.717, 1.165) is 5.56 Å². The van der Waals surface area contributed by atoms with Crippen molar-refractivity contribution in [2.45, 2.75) is 13.8 Å². The molecule has 1 aromatic carbocycles. The Kier molecular flexibility index (Phi) is 5.24. The van der Waals surface area contributed by atoms with Gasteiger partial charge in [0.05, 0.1) is 0 Å². The molecular weight excluding hydrogens is 268 g/mol. The normalized spacial score (nSPS) is 14.7. The summed E-state index contributed by atoms with van der Waals surface area (Å²) in [5, 5.41) is 18.1. The fourth-order valence-electron chi connectivity index (χ4n) is 1.81. The molecule has 1 aromatic rings. The zero-order valence-corrected chi connectivity index (χ0v) is 12.0. The van der Waals surface area contributed by atoms with Gasteiger partial charge in [-0.15, -0.1) is 0 Å². The quantitative estimate of drug-likeness (QED) is 0.786. The predicted octanol–water partition coefficient (Wildman–Crippen LogP) is 3.38. The van der Waals surface area contributed by atoms with E-state index in [9.17, 15) is 9.59 Å². The van der Waals surface area contributed by atoms with Crippen LogP contribution in [0.5, 0.6) is 0 Å². The molecular formula is C17H18O4. The van der Waals surface area contributed by atoms with Crippen LogP contribution in [0.2, 0.25) is 0 Å². The molecule has 110 valence electrons. The summed E-state index contributed by atoms with van der Waals surface area (Å²) in [6.07, 6.45) is 4.79. The molecule has 2 N–H and O–H groups in total. The molecule has 0 radical (unpaired) electrons. The molecule has 21 heavy (non-hydrogen) atoms. The number of benzene rings is 1. The highest BCUT2D eigenvalue weighted by Crippen LogP contribution is 2.32. The molecule has 0 fully saturated rings. The summed E-state index contributed by atoms with van der Waals surface area (Å²) >= 11 is 0. The monoisotopic (exact) mass is 286 g/mol. The van der Waals surface area contributed by atoms with Crippen molar-refractivity contribution in [3.05, 3.63) is 65.8 Å². The SMILES string of the molecule is C=C(C(=O)O)C(C)(C=Cc1ccccc1)C=C(C)C(=O)O. The van der Waals surface area contributed by atoms with Gasteiger partial charge in [0.25, 0.3) is 0 Å². The van der Waals surface area contributed by atoms with Crippen LogP contribution in [0.25, 0.3) is 6.08 Å². The van der Waals surface area contributed by atoms with Crippen molar-refractivity contribution in [1.29, 1.82) is 0 Å². The van der Waals surface area contributed by atoms with E-state index < -0.39 is 17.4 Å². The predicted molar refractivity (Wildman–Crippen MR) is 81.8 cm³/mol. The van der Waals surface area contributed by atoms with Crippen molar-refractivity contribution >= 4 is 18.0 Å². The van der Waals surface area contributed by atoms with Crippen LogP contribution in [0.1, 0.15) is 19.4 Å². The minimum absolute atomic E-state index is 0.0672. The minimum Gasteiger partial charge on any atom is -0.478 e. The lowest BCUT2D eigenvalue weighted by Gasteiger charge is -2.23. The first-order chi connectivity index (χ1) is 9.76. The highest BCUT2D eigenvalue weighted by atomic mass is 16.4. The first kappa shape index (κ1) is 16.4. The molecule has 4 heteroatoms. The maximum absolute atomic E-state index is 11.2. The van der Waals surface area contributed by atoms with Gasteiger partial charge in [-0.1, -0.05) is 55.1 Å². The average molecular weight is 286 g/mol. The van der Waals surface area contributed by atoms with Crippen molar-refractivity contribution in [2.75, 3.05) is 0 Å². The van der Waals surface area contributed by atoms with Gasteiger partial charge in [0.15, 0.2) is 0 Å². The van der Waals surface area contributed by atoms with Crippen molar-refractivity contribution in [3.8, 4) is 0 Å². The van der Waals surface area contributed by atoms with Gasteiger partial charge in [-0.3, -0.25) is 0 Å². The van der Waals surface area contributed by atoms with Crippen molar-refractivity contribution in [1.82, 2.24) is 0 Å². The summed E-state index contributed by atoms with van der Waals surface area (Å²) in [7, 11) is 0. The first-order valence-corrected chi connectivity index (χ1v) is 6.36. The Morgan fingerprint density at radius 2 is 1.71 bits per heavy atom. The van der Waals surface area contributed by atoms with Crippen LogP contribution in [0, 0.1) is 5.41 Å². The smallest absolute Gasteiger partial charge is 0.332 e. The Morgan fingerprint density at radius 3 is 2.19 bits per heavy atom. The number of rotatable bonds is 6. The van der Waals surface area contributed by atoms with Gasteiger partial charge in [-0.2, -0.15) is 0 Å². The number of carbonyl (C=O) groups is 2. The molecule has 0 amide bonds. The molecule has 0 aliphatic carbocycles. The zero-order valence-electron chi connectivity index (χ0n) is 12.0. The Labute approximate surface area is 123 Å². The van der Waals surface area contributed by atoms with Crippen LogP contribution in [-0.2, 0) is 9.59 Å². The van der Waals surface area contributed by atoms with Crippen LogP contribution < -0.4 is 0 Å². The van der Waals surface area contributed by atoms with Crippen molar-refractivity contribution in [3.63, 3.8) is 0 Å². The molecule has 0 aromatic heterocycles. The first-order valence-electron chi connectivity index (χ1n) is 6.36. The molecule has 0 aliphatic rings. The second-order valence-electron chi connectivity index (χ2n) is 4.94. The van der Waals surface area contributed by atoms with Crippen LogP contribution in [-0.4, -0.2) is 22.2 Å². The third-order valence-corrected chi connectivity index (χ3v) is 3.18. The van der Waals surface area contributed by atoms with E-state index in [0.29, 0.717) is 0 Å². The minimum atomic E-state index is -1.16. The van der Waals surface area contributed by atoms with Crippen LogP contribution in [0.15, 0.2) is 60.2 Å². The van der Waals surface area contributed by atoms with Gasteiger partial charge in [-0.25, -0.2) is 9.59 Å². The van der Waals surface area contributed by atoms with Crippen LogP contribution in [0.3, 0.4) is 0 Å². The Morgan fingerprint density at radius 1 is 1.14 bits per heavy atom. The number of carboxylic acid groups (broad SMARTS) is 2. The molecule has 1 atom stereocenters. The summed E-state index contributed by atoms with van der Waals surface area (Å²) in [5.74, 6) is -2.25. The van der Waals surface area contributed by atoms with E-state index in [1.54, 1.807) is 19.1 Å². The Bertz CT molecular complexity index is 611. The van der Waals surface area contributed by atoms with Gasteiger partial charge in [0.2, 0.25) is 0 Å². The molecule has 0 heterocycles. The second kappa shape index (κ2) is 6.70. The van der Waals surface area contributed by atoms with Gasteiger partial charge in [0, 0.05) is 16.6 Å². The number of aliphatic carboxylic acids is 2. The summed E-state index contributed by atoms with van der Waals surface area (Å²) in [5.41, 5.74) is -0.208. The summed E-state index contributed by atoms with van der Waals surface area (Å²) in [6.45, 7) is 6.61. The lowest BCUT2D eigenvalue weighted by atomic mass is 9.80. The fourth-order valence-corrected chi connectivity index (χ4v) is 1.81. The fraction of sp³-hybridized carbons (Fsp3) is 0.176. The number of carboxylic acids is 2. The highest BCUT2D eigenvalue weighted by Gasteiger charge is 2.28. The zero-order chi connectivity index (χ0) is 16.0. The van der Waals surface area contributed by atoms with E-state index in [1.807, 2.05) is 30.3 Å². The molecule has 0 aliphatic heterocycles. The van der Waals surface area contributed by atoms with Crippen molar-refractivity contribution in [2.24, 2.45) is 5.41 Å². The average Bonchev–Trinajstić information content (AvgIpc) is 2.45. The third kappa shape index (κ3) is 4.45. The molecule has 4 nitrogen and oxygen atoms in total. The number of allylic oxidation sites excluding steroid dienone is 2. The van der Waals surface area contributed by atoms with Crippen LogP contribution >= 0.6 is 0 Å². The van der Waals surface area contributed by atoms with Crippen molar-refractivity contribution < 1.29 is 19.8 Å². The maximum Gasteiger partial charge on any atom is 0.332 e. The third-order valence-electron chi connectivity index (χ3n) is 3.18. The van der Waals surface area contributed by atoms with Gasteiger partial charge in [0.1, 0.15) is 0 Å². The summed E-state index contributed by atoms with van der Waals surface area (Å²) in [6, 6.07) is 9.34. The summed E-state index contributed by atoms with van der Waals surface area (Å²) in [4.78, 5) is 22.2. The Hall–Kier alpha value is -2.62. The Balaban J connectivity index is 3.23. The number of hydrogen-bond donors (Lipinski definition) is 2. The lowest BCUT2D eigenvalue weighted by molar-refractivity contribution is -0.134. The van der Waals surface area contributed by atoms with E-state index in [2.05, 4.69) is 6.58 Å². The molecule has 0 spiro atoms. The van der Waals surface area contributed by atoms with E-state index >= 15 is 0 Å². The summed E-state index contributed by atoms with van der Waals surface area (Å²) < 4.78 is 0. The molecule has 1 rings (SSSR count). The van der Waals surface area contributed by atoms with E-state index in [4.69, 9.17) is 10.2 Å². The van der Waals surface area contributed by atoms with Gasteiger partial charge in [-0.05, 0) is 19.4 Å². The lowest BCUT2D eigenvalue weighted by Crippen LogP contribution is -2.20. The standard InChI is InChI=1S/C17H18O4/c1-12(15(18)19)11-17(3,13(2)16(20)21)10-9-14-7-5-4-6-8-14/h4-11H,2H2,1,3H3,(H,18,19)(H,20,21). The molecule has 0 saturated heterocycles. The largest absolute Gasteiger partial charge is 0.478 e.